The number of hydrogen-bond acceptors (Lipinski definition) is 4. The third-order valence-electron chi connectivity index (χ3n) is 9.23. The molecule has 0 aliphatic carbocycles. The van der Waals surface area contributed by atoms with E-state index in [-0.39, 0.29) is 12.2 Å². The average Bonchev–Trinajstić information content (AvgIpc) is 3.07. The second-order valence-electron chi connectivity index (χ2n) is 13.9. The molecular formula is C42H84O4. The van der Waals surface area contributed by atoms with Gasteiger partial charge in [-0.1, -0.05) is 194 Å². The van der Waals surface area contributed by atoms with Gasteiger partial charge in [0.15, 0.2) is 0 Å². The summed E-state index contributed by atoms with van der Waals surface area (Å²) in [5.74, 6) is 0. The topological polar surface area (TPSA) is 36.9 Å². The molecule has 0 aromatic carbocycles. The third-order valence-corrected chi connectivity index (χ3v) is 9.23. The highest BCUT2D eigenvalue weighted by molar-refractivity contribution is 4.74. The van der Waals surface area contributed by atoms with Crippen LogP contribution in [0.1, 0.15) is 207 Å². The van der Waals surface area contributed by atoms with Crippen molar-refractivity contribution in [3.05, 3.63) is 12.7 Å². The fraction of sp³-hybridized carbons (Fsp3) is 0.952. The maximum atomic E-state index is 6.19. The van der Waals surface area contributed by atoms with E-state index in [2.05, 4.69) is 27.4 Å². The Morgan fingerprint density at radius 2 is 0.674 bits per heavy atom. The maximum Gasteiger partial charge on any atom is 0.110 e. The number of hydrogen-bond donors (Lipinski definition) is 0. The number of rotatable bonds is 41. The van der Waals surface area contributed by atoms with Crippen LogP contribution in [0, 0.1) is 0 Å². The summed E-state index contributed by atoms with van der Waals surface area (Å²) in [5, 5.41) is 0. The Labute approximate surface area is 289 Å². The molecule has 0 amide bonds. The van der Waals surface area contributed by atoms with Gasteiger partial charge < -0.3 is 18.9 Å². The summed E-state index contributed by atoms with van der Waals surface area (Å²) < 4.78 is 24.5. The van der Waals surface area contributed by atoms with Crippen molar-refractivity contribution in [3.8, 4) is 0 Å². The molecule has 0 spiro atoms. The maximum absolute atomic E-state index is 6.19. The molecule has 46 heavy (non-hydrogen) atoms. The largest absolute Gasteiger partial charge is 0.379 e. The highest BCUT2D eigenvalue weighted by atomic mass is 16.6. The molecular weight excluding hydrogens is 568 g/mol. The van der Waals surface area contributed by atoms with Crippen molar-refractivity contribution in [1.29, 1.82) is 0 Å². The van der Waals surface area contributed by atoms with Crippen molar-refractivity contribution in [2.75, 3.05) is 39.6 Å². The van der Waals surface area contributed by atoms with Gasteiger partial charge in [0, 0.05) is 19.8 Å². The van der Waals surface area contributed by atoms with Gasteiger partial charge in [-0.05, 0) is 19.3 Å². The Kier molecular flexibility index (Phi) is 40.4. The predicted octanol–water partition coefficient (Wildman–Crippen LogP) is 13.3. The second kappa shape index (κ2) is 40.8. The van der Waals surface area contributed by atoms with Crippen LogP contribution in [0.3, 0.4) is 0 Å². The molecule has 0 aromatic heterocycles. The van der Waals surface area contributed by atoms with E-state index in [1.807, 2.05) is 6.08 Å². The first-order valence-corrected chi connectivity index (χ1v) is 20.8. The lowest BCUT2D eigenvalue weighted by molar-refractivity contribution is -0.122. The molecule has 0 aromatic rings. The second-order valence-corrected chi connectivity index (χ2v) is 13.9. The fourth-order valence-electron chi connectivity index (χ4n) is 6.18. The first-order valence-electron chi connectivity index (χ1n) is 20.8. The molecule has 2 unspecified atom stereocenters. The molecule has 0 heterocycles. The van der Waals surface area contributed by atoms with Gasteiger partial charge in [-0.2, -0.15) is 0 Å². The summed E-state index contributed by atoms with van der Waals surface area (Å²) >= 11 is 0. The van der Waals surface area contributed by atoms with E-state index >= 15 is 0 Å². The highest BCUT2D eigenvalue weighted by Crippen LogP contribution is 2.15. The summed E-state index contributed by atoms with van der Waals surface area (Å²) in [6, 6.07) is 0. The van der Waals surface area contributed by atoms with Crippen LogP contribution in [-0.2, 0) is 18.9 Å². The van der Waals surface area contributed by atoms with E-state index in [0.717, 1.165) is 39.1 Å². The smallest absolute Gasteiger partial charge is 0.110 e. The van der Waals surface area contributed by atoms with Crippen molar-refractivity contribution < 1.29 is 18.9 Å². The van der Waals surface area contributed by atoms with E-state index < -0.39 is 0 Å². The van der Waals surface area contributed by atoms with E-state index in [4.69, 9.17) is 18.9 Å². The molecule has 0 N–H and O–H groups in total. The minimum atomic E-state index is -0.118. The normalized spacial score (nSPS) is 12.9. The van der Waals surface area contributed by atoms with Gasteiger partial charge in [0.2, 0.25) is 0 Å². The lowest BCUT2D eigenvalue weighted by Gasteiger charge is -2.27. The molecule has 276 valence electrons. The van der Waals surface area contributed by atoms with Gasteiger partial charge >= 0.3 is 0 Å². The minimum Gasteiger partial charge on any atom is -0.379 e. The molecule has 0 aliphatic heterocycles. The molecule has 0 fully saturated rings. The van der Waals surface area contributed by atoms with Gasteiger partial charge in [-0.25, -0.2) is 0 Å². The van der Waals surface area contributed by atoms with Gasteiger partial charge in [-0.15, -0.1) is 6.58 Å². The molecule has 0 saturated carbocycles. The van der Waals surface area contributed by atoms with Gasteiger partial charge in [0.25, 0.3) is 0 Å². The zero-order chi connectivity index (χ0) is 33.4. The molecule has 2 atom stereocenters. The highest BCUT2D eigenvalue weighted by Gasteiger charge is 2.23. The van der Waals surface area contributed by atoms with Gasteiger partial charge in [0.05, 0.1) is 19.8 Å². The summed E-state index contributed by atoms with van der Waals surface area (Å²) in [6.07, 6.45) is 41.1. The standard InChI is InChI=1S/C42H84O4/c1-5-9-11-13-15-17-19-21-23-25-27-29-31-33-37-43-39-41(45-35-7-3)42(46-36-8-4)40-44-38-34-32-30-28-26-24-22-20-18-16-14-12-10-6-2/h7,41-42H,3,5-6,8-40H2,1-2,4H3. The molecule has 0 radical (unpaired) electrons. The van der Waals surface area contributed by atoms with E-state index in [1.54, 1.807) is 0 Å². The summed E-state index contributed by atoms with van der Waals surface area (Å²) in [7, 11) is 0. The summed E-state index contributed by atoms with van der Waals surface area (Å²) in [5.41, 5.74) is 0. The first kappa shape index (κ1) is 45.6. The lowest BCUT2D eigenvalue weighted by Crippen LogP contribution is -2.39. The van der Waals surface area contributed by atoms with Gasteiger partial charge in [-0.3, -0.25) is 0 Å². The molecule has 4 nitrogen and oxygen atoms in total. The molecule has 0 bridgehead atoms. The monoisotopic (exact) mass is 653 g/mol. The van der Waals surface area contributed by atoms with E-state index in [1.165, 1.54) is 167 Å². The Bertz CT molecular complexity index is 554. The van der Waals surface area contributed by atoms with Crippen LogP contribution in [0.25, 0.3) is 0 Å². The van der Waals surface area contributed by atoms with Crippen LogP contribution in [0.15, 0.2) is 12.7 Å². The zero-order valence-electron chi connectivity index (χ0n) is 31.8. The number of ether oxygens (including phenoxy) is 4. The van der Waals surface area contributed by atoms with Crippen LogP contribution < -0.4 is 0 Å². The summed E-state index contributed by atoms with van der Waals surface area (Å²) in [4.78, 5) is 0. The van der Waals surface area contributed by atoms with Crippen LogP contribution in [0.2, 0.25) is 0 Å². The quantitative estimate of drug-likeness (QED) is 0.0486. The number of unbranched alkanes of at least 4 members (excludes halogenated alkanes) is 26. The Hall–Kier alpha value is -0.420. The van der Waals surface area contributed by atoms with E-state index in [0.29, 0.717) is 19.8 Å². The Balaban J connectivity index is 3.90. The van der Waals surface area contributed by atoms with Crippen molar-refractivity contribution in [2.45, 2.75) is 219 Å². The SMILES string of the molecule is C=CCOC(COCCCCCCCCCCCCCCCC)C(COCCCCCCCCCCCCCCCC)OCCC. The molecule has 4 heteroatoms. The van der Waals surface area contributed by atoms with Crippen molar-refractivity contribution in [1.82, 2.24) is 0 Å². The zero-order valence-corrected chi connectivity index (χ0v) is 31.8. The van der Waals surface area contributed by atoms with Crippen molar-refractivity contribution in [3.63, 3.8) is 0 Å². The fourth-order valence-corrected chi connectivity index (χ4v) is 6.18. The Morgan fingerprint density at radius 3 is 0.978 bits per heavy atom. The molecule has 0 aliphatic rings. The molecule has 0 rings (SSSR count). The van der Waals surface area contributed by atoms with Crippen LogP contribution in [0.5, 0.6) is 0 Å². The van der Waals surface area contributed by atoms with Crippen LogP contribution >= 0.6 is 0 Å². The Morgan fingerprint density at radius 1 is 0.370 bits per heavy atom. The van der Waals surface area contributed by atoms with E-state index in [9.17, 15) is 0 Å². The third kappa shape index (κ3) is 34.9. The van der Waals surface area contributed by atoms with Gasteiger partial charge in [0.1, 0.15) is 12.2 Å². The van der Waals surface area contributed by atoms with Crippen molar-refractivity contribution >= 4 is 0 Å². The predicted molar refractivity (Wildman–Crippen MR) is 202 cm³/mol. The average molecular weight is 653 g/mol. The summed E-state index contributed by atoms with van der Waals surface area (Å²) in [6.45, 7) is 14.5. The minimum absolute atomic E-state index is 0.0946. The lowest BCUT2D eigenvalue weighted by atomic mass is 10.0. The van der Waals surface area contributed by atoms with Crippen LogP contribution in [0.4, 0.5) is 0 Å². The first-order chi connectivity index (χ1) is 22.8. The van der Waals surface area contributed by atoms with Crippen molar-refractivity contribution in [2.24, 2.45) is 0 Å². The van der Waals surface area contributed by atoms with Crippen LogP contribution in [-0.4, -0.2) is 51.8 Å². The molecule has 0 saturated heterocycles.